The van der Waals surface area contributed by atoms with Crippen molar-refractivity contribution in [2.75, 3.05) is 17.6 Å². The fourth-order valence-corrected chi connectivity index (χ4v) is 5.90. The van der Waals surface area contributed by atoms with Gasteiger partial charge < -0.3 is 10.4 Å². The van der Waals surface area contributed by atoms with Gasteiger partial charge in [0.15, 0.2) is 28.0 Å². The molecule has 2 N–H and O–H groups in total. The summed E-state index contributed by atoms with van der Waals surface area (Å²) in [4.78, 5) is 22.6. The lowest BCUT2D eigenvalue weighted by molar-refractivity contribution is 0.404. The highest BCUT2D eigenvalue weighted by Gasteiger charge is 2.35. The van der Waals surface area contributed by atoms with E-state index in [2.05, 4.69) is 33.7 Å². The molecule has 10 heteroatoms. The summed E-state index contributed by atoms with van der Waals surface area (Å²) in [6.45, 7) is 6.86. The van der Waals surface area contributed by atoms with Gasteiger partial charge in [-0.15, -0.1) is 0 Å². The van der Waals surface area contributed by atoms with Crippen molar-refractivity contribution in [3.63, 3.8) is 0 Å². The van der Waals surface area contributed by atoms with Crippen molar-refractivity contribution in [3.05, 3.63) is 72.1 Å². The first-order valence-corrected chi connectivity index (χ1v) is 13.3. The van der Waals surface area contributed by atoms with Crippen LogP contribution in [0.4, 0.5) is 10.2 Å². The predicted octanol–water partition coefficient (Wildman–Crippen LogP) is 5.60. The number of benzene rings is 1. The predicted molar refractivity (Wildman–Crippen MR) is 147 cm³/mol. The Bertz CT molecular complexity index is 1680. The number of phenolic OH excluding ortho intramolecular Hbond substituents is 1. The van der Waals surface area contributed by atoms with Crippen molar-refractivity contribution in [1.82, 2.24) is 29.5 Å². The number of aromatic nitrogens is 6. The maximum Gasteiger partial charge on any atom is 0.171 e. The summed E-state index contributed by atoms with van der Waals surface area (Å²) in [7, 11) is 0. The number of nitrogens with zero attached hydrogens (tertiary/aromatic N) is 6. The van der Waals surface area contributed by atoms with Gasteiger partial charge in [-0.05, 0) is 62.6 Å². The Kier molecular flexibility index (Phi) is 5.98. The molecule has 0 unspecified atom stereocenters. The number of hydrogen-bond donors (Lipinski definition) is 2. The number of fused-ring (bicyclic) bond motifs is 3. The van der Waals surface area contributed by atoms with Crippen LogP contribution in [0.5, 0.6) is 5.75 Å². The molecule has 8 nitrogen and oxygen atoms in total. The molecule has 0 fully saturated rings. The molecule has 0 aliphatic carbocycles. The molecule has 0 saturated carbocycles. The smallest absolute Gasteiger partial charge is 0.171 e. The second-order valence-corrected chi connectivity index (χ2v) is 11.0. The highest BCUT2D eigenvalue weighted by Crippen LogP contribution is 2.41. The highest BCUT2D eigenvalue weighted by atomic mass is 32.2. The molecule has 38 heavy (non-hydrogen) atoms. The van der Waals surface area contributed by atoms with Crippen LogP contribution in [0.3, 0.4) is 0 Å². The molecular weight excluding hydrogens is 501 g/mol. The standard InChI is InChI=1S/C28H26FN7OS/c1-16-8-18(12-30-11-16)21-9-17(4-5-22(21)37)6-7-32-25-23-26(36-27(33-23)38-15-28(36,2)3)35-24(34-25)19-10-20(29)14-31-13-19/h4-5,8-14,37H,6-7,15H2,1-3H3,(H,32,34,35). The van der Waals surface area contributed by atoms with Gasteiger partial charge in [0.05, 0.1) is 11.7 Å². The summed E-state index contributed by atoms with van der Waals surface area (Å²) < 4.78 is 16.1. The van der Waals surface area contributed by atoms with E-state index in [9.17, 15) is 9.50 Å². The molecule has 5 heterocycles. The monoisotopic (exact) mass is 527 g/mol. The molecular formula is C28H26FN7OS. The van der Waals surface area contributed by atoms with E-state index in [-0.39, 0.29) is 11.3 Å². The van der Waals surface area contributed by atoms with Gasteiger partial charge in [-0.25, -0.2) is 19.3 Å². The van der Waals surface area contributed by atoms with Gasteiger partial charge in [-0.1, -0.05) is 17.8 Å². The van der Waals surface area contributed by atoms with E-state index in [4.69, 9.17) is 15.0 Å². The molecule has 0 radical (unpaired) electrons. The van der Waals surface area contributed by atoms with Crippen molar-refractivity contribution in [1.29, 1.82) is 0 Å². The zero-order chi connectivity index (χ0) is 26.4. The van der Waals surface area contributed by atoms with Crippen LogP contribution in [-0.4, -0.2) is 46.9 Å². The number of pyridine rings is 2. The van der Waals surface area contributed by atoms with Crippen LogP contribution < -0.4 is 5.32 Å². The average molecular weight is 528 g/mol. The topological polar surface area (TPSA) is 102 Å². The summed E-state index contributed by atoms with van der Waals surface area (Å²) in [6, 6.07) is 8.99. The lowest BCUT2D eigenvalue weighted by Gasteiger charge is -2.20. The van der Waals surface area contributed by atoms with Gasteiger partial charge in [0.2, 0.25) is 0 Å². The summed E-state index contributed by atoms with van der Waals surface area (Å²) >= 11 is 1.69. The minimum atomic E-state index is -0.443. The van der Waals surface area contributed by atoms with E-state index in [1.54, 1.807) is 36.4 Å². The first-order chi connectivity index (χ1) is 18.3. The average Bonchev–Trinajstić information content (AvgIpc) is 3.42. The number of thioether (sulfide) groups is 1. The minimum absolute atomic E-state index is 0.162. The van der Waals surface area contributed by atoms with Crippen molar-refractivity contribution in [3.8, 4) is 28.3 Å². The van der Waals surface area contributed by atoms with Crippen molar-refractivity contribution in [2.24, 2.45) is 0 Å². The molecule has 1 aliphatic heterocycles. The SMILES string of the molecule is Cc1cncc(-c2cc(CCNc3nc(-c4cncc(F)c4)nc4c3nc3n4C(C)(C)CS3)ccc2O)c1. The molecule has 0 saturated heterocycles. The third-order valence-corrected chi connectivity index (χ3v) is 7.93. The third kappa shape index (κ3) is 4.45. The number of nitrogens with one attached hydrogen (secondary N) is 1. The fraction of sp³-hybridized carbons (Fsp3) is 0.250. The first kappa shape index (κ1) is 24.3. The quantitative estimate of drug-likeness (QED) is 0.294. The number of anilines is 1. The van der Waals surface area contributed by atoms with Gasteiger partial charge >= 0.3 is 0 Å². The van der Waals surface area contributed by atoms with E-state index in [1.165, 1.54) is 6.07 Å². The molecule has 192 valence electrons. The van der Waals surface area contributed by atoms with Crippen LogP contribution in [0.1, 0.15) is 25.0 Å². The molecule has 4 aromatic heterocycles. The van der Waals surface area contributed by atoms with Crippen LogP contribution in [0.15, 0.2) is 60.3 Å². The van der Waals surface area contributed by atoms with E-state index in [0.717, 1.165) is 39.4 Å². The minimum Gasteiger partial charge on any atom is -0.507 e. The lowest BCUT2D eigenvalue weighted by atomic mass is 10.0. The Morgan fingerprint density at radius 2 is 1.84 bits per heavy atom. The Balaban J connectivity index is 1.33. The van der Waals surface area contributed by atoms with Crippen molar-refractivity contribution in [2.45, 2.75) is 37.9 Å². The molecule has 1 aliphatic rings. The third-order valence-electron chi connectivity index (χ3n) is 6.55. The largest absolute Gasteiger partial charge is 0.507 e. The molecule has 0 atom stereocenters. The van der Waals surface area contributed by atoms with E-state index < -0.39 is 5.82 Å². The second kappa shape index (κ2) is 9.36. The van der Waals surface area contributed by atoms with E-state index in [0.29, 0.717) is 41.3 Å². The normalized spacial score (nSPS) is 14.1. The maximum absolute atomic E-state index is 14.0. The van der Waals surface area contributed by atoms with Crippen molar-refractivity contribution >= 4 is 28.7 Å². The molecule has 5 aromatic rings. The summed E-state index contributed by atoms with van der Waals surface area (Å²) in [5.74, 6) is 1.65. The lowest BCUT2D eigenvalue weighted by Crippen LogP contribution is -2.24. The van der Waals surface area contributed by atoms with Crippen LogP contribution in [-0.2, 0) is 12.0 Å². The first-order valence-electron chi connectivity index (χ1n) is 12.3. The van der Waals surface area contributed by atoms with Crippen LogP contribution in [0, 0.1) is 12.7 Å². The highest BCUT2D eigenvalue weighted by molar-refractivity contribution is 7.99. The van der Waals surface area contributed by atoms with E-state index >= 15 is 0 Å². The second-order valence-electron chi connectivity index (χ2n) is 10.1. The maximum atomic E-state index is 14.0. The molecule has 0 spiro atoms. The van der Waals surface area contributed by atoms with Gasteiger partial charge in [-0.2, -0.15) is 0 Å². The summed E-state index contributed by atoms with van der Waals surface area (Å²) in [6.07, 6.45) is 6.95. The van der Waals surface area contributed by atoms with Crippen LogP contribution in [0.2, 0.25) is 0 Å². The molecule has 0 amide bonds. The number of rotatable bonds is 6. The number of aromatic hydroxyl groups is 1. The fourth-order valence-electron chi connectivity index (χ4n) is 4.67. The van der Waals surface area contributed by atoms with Gasteiger partial charge in [0, 0.05) is 47.6 Å². The van der Waals surface area contributed by atoms with Crippen LogP contribution >= 0.6 is 11.8 Å². The zero-order valence-corrected chi connectivity index (χ0v) is 22.1. The number of aryl methyl sites for hydroxylation is 1. The molecule has 6 rings (SSSR count). The Morgan fingerprint density at radius 1 is 1.03 bits per heavy atom. The van der Waals surface area contributed by atoms with E-state index in [1.807, 2.05) is 25.1 Å². The van der Waals surface area contributed by atoms with Crippen molar-refractivity contribution < 1.29 is 9.50 Å². The number of halogens is 1. The van der Waals surface area contributed by atoms with Gasteiger partial charge in [0.1, 0.15) is 11.6 Å². The van der Waals surface area contributed by atoms with Gasteiger partial charge in [-0.3, -0.25) is 14.5 Å². The number of imidazole rings is 1. The van der Waals surface area contributed by atoms with Gasteiger partial charge in [0.25, 0.3) is 0 Å². The molecule has 1 aromatic carbocycles. The Morgan fingerprint density at radius 3 is 2.66 bits per heavy atom. The summed E-state index contributed by atoms with van der Waals surface area (Å²) in [5, 5.41) is 14.8. The summed E-state index contributed by atoms with van der Waals surface area (Å²) in [5.41, 5.74) is 5.44. The van der Waals surface area contributed by atoms with Crippen LogP contribution in [0.25, 0.3) is 33.7 Å². The number of phenols is 1. The Hall–Kier alpha value is -4.05. The zero-order valence-electron chi connectivity index (χ0n) is 21.2. The Labute approximate surface area is 223 Å². The molecule has 0 bridgehead atoms. The number of hydrogen-bond acceptors (Lipinski definition) is 8.